The van der Waals surface area contributed by atoms with Crippen LogP contribution >= 0.6 is 12.4 Å². The lowest BCUT2D eigenvalue weighted by molar-refractivity contribution is -0.153. The van der Waals surface area contributed by atoms with Crippen molar-refractivity contribution in [3.8, 4) is 0 Å². The summed E-state index contributed by atoms with van der Waals surface area (Å²) in [5, 5.41) is 0. The number of hydrogen-bond donors (Lipinski definition) is 0. The zero-order valence-corrected chi connectivity index (χ0v) is 15.8. The Hall–Kier alpha value is -1.59. The van der Waals surface area contributed by atoms with Gasteiger partial charge in [-0.1, -0.05) is 30.3 Å². The topological polar surface area (TPSA) is 55.8 Å². The van der Waals surface area contributed by atoms with Crippen LogP contribution in [-0.2, 0) is 24.5 Å². The average molecular weight is 370 g/mol. The molecule has 25 heavy (non-hydrogen) atoms. The molecule has 0 aliphatic carbocycles. The van der Waals surface area contributed by atoms with E-state index in [1.165, 1.54) is 0 Å². The molecule has 0 N–H and O–H groups in total. The number of piperidine rings is 1. The van der Waals surface area contributed by atoms with Crippen molar-refractivity contribution in [2.75, 3.05) is 32.8 Å². The van der Waals surface area contributed by atoms with Crippen molar-refractivity contribution in [2.45, 2.75) is 38.5 Å². The third-order valence-corrected chi connectivity index (χ3v) is 4.64. The number of benzene rings is 1. The lowest BCUT2D eigenvalue weighted by Crippen LogP contribution is -2.48. The van der Waals surface area contributed by atoms with E-state index in [0.29, 0.717) is 39.0 Å². The quantitative estimate of drug-likeness (QED) is 0.691. The highest BCUT2D eigenvalue weighted by atomic mass is 35.5. The zero-order valence-electron chi connectivity index (χ0n) is 15.0. The molecule has 0 unspecified atom stereocenters. The van der Waals surface area contributed by atoms with Gasteiger partial charge in [0.1, 0.15) is 0 Å². The molecule has 1 aromatic rings. The van der Waals surface area contributed by atoms with Gasteiger partial charge in [-0.25, -0.2) is 0 Å². The molecule has 6 heteroatoms. The molecule has 0 radical (unpaired) electrons. The maximum Gasteiger partial charge on any atom is 0.316 e. The molecule has 0 spiro atoms. The first kappa shape index (κ1) is 21.5. The van der Waals surface area contributed by atoms with Gasteiger partial charge in [-0.15, -0.1) is 12.4 Å². The van der Waals surface area contributed by atoms with E-state index < -0.39 is 5.41 Å². The highest BCUT2D eigenvalue weighted by Crippen LogP contribution is 2.36. The van der Waals surface area contributed by atoms with Crippen molar-refractivity contribution in [2.24, 2.45) is 0 Å². The van der Waals surface area contributed by atoms with Crippen molar-refractivity contribution in [1.82, 2.24) is 4.90 Å². The summed E-state index contributed by atoms with van der Waals surface area (Å²) in [7, 11) is 0. The number of carbonyl (C=O) groups is 2. The van der Waals surface area contributed by atoms with Gasteiger partial charge in [-0.05, 0) is 45.3 Å². The second-order valence-electron chi connectivity index (χ2n) is 6.07. The molecule has 2 rings (SSSR count). The predicted molar refractivity (Wildman–Crippen MR) is 98.9 cm³/mol. The molecule has 0 bridgehead atoms. The van der Waals surface area contributed by atoms with Crippen molar-refractivity contribution in [3.63, 3.8) is 0 Å². The molecule has 0 aromatic heterocycles. The van der Waals surface area contributed by atoms with E-state index in [1.54, 1.807) is 0 Å². The summed E-state index contributed by atoms with van der Waals surface area (Å²) in [6, 6.07) is 9.89. The summed E-state index contributed by atoms with van der Waals surface area (Å²) >= 11 is 0. The van der Waals surface area contributed by atoms with Gasteiger partial charge < -0.3 is 14.4 Å². The van der Waals surface area contributed by atoms with E-state index in [2.05, 4.69) is 4.90 Å². The van der Waals surface area contributed by atoms with Crippen molar-refractivity contribution >= 4 is 24.3 Å². The normalized spacial score (nSPS) is 16.6. The Labute approximate surface area is 156 Å². The lowest BCUT2D eigenvalue weighted by atomic mass is 9.72. The Balaban J connectivity index is 0.00000312. The number of hydrogen-bond acceptors (Lipinski definition) is 5. The Bertz CT molecular complexity index is 542. The smallest absolute Gasteiger partial charge is 0.316 e. The Morgan fingerprint density at radius 3 is 2.20 bits per heavy atom. The fourth-order valence-electron chi connectivity index (χ4n) is 3.28. The van der Waals surface area contributed by atoms with E-state index in [1.807, 2.05) is 44.2 Å². The Morgan fingerprint density at radius 1 is 1.04 bits per heavy atom. The molecule has 0 amide bonds. The molecule has 0 saturated carbocycles. The summed E-state index contributed by atoms with van der Waals surface area (Å²) < 4.78 is 10.3. The van der Waals surface area contributed by atoms with Crippen molar-refractivity contribution in [1.29, 1.82) is 0 Å². The third kappa shape index (κ3) is 5.44. The van der Waals surface area contributed by atoms with Gasteiger partial charge in [0.05, 0.1) is 25.0 Å². The van der Waals surface area contributed by atoms with Crippen LogP contribution in [0.2, 0.25) is 0 Å². The van der Waals surface area contributed by atoms with Crippen LogP contribution in [0.4, 0.5) is 0 Å². The fourth-order valence-corrected chi connectivity index (χ4v) is 3.28. The lowest BCUT2D eigenvalue weighted by Gasteiger charge is -2.40. The first-order valence-electron chi connectivity index (χ1n) is 8.73. The van der Waals surface area contributed by atoms with Crippen LogP contribution in [0.3, 0.4) is 0 Å². The van der Waals surface area contributed by atoms with Crippen LogP contribution in [0.1, 0.15) is 38.7 Å². The van der Waals surface area contributed by atoms with E-state index >= 15 is 0 Å². The van der Waals surface area contributed by atoms with Crippen LogP contribution in [-0.4, -0.2) is 49.7 Å². The minimum atomic E-state index is -0.572. The number of rotatable bonds is 7. The Morgan fingerprint density at radius 2 is 1.64 bits per heavy atom. The van der Waals surface area contributed by atoms with Crippen LogP contribution in [0.5, 0.6) is 0 Å². The van der Waals surface area contributed by atoms with Crippen molar-refractivity contribution < 1.29 is 19.1 Å². The fraction of sp³-hybridized carbons (Fsp3) is 0.579. The standard InChI is InChI=1S/C19H27NO4.ClH/c1-3-23-17(21)10-13-20-14-11-19(12-15-20,18(22)24-4-2)16-8-6-5-7-9-16;/h5-9H,3-4,10-15H2,1-2H3;1H. The highest BCUT2D eigenvalue weighted by molar-refractivity contribution is 5.85. The highest BCUT2D eigenvalue weighted by Gasteiger charge is 2.44. The average Bonchev–Trinajstić information content (AvgIpc) is 2.61. The largest absolute Gasteiger partial charge is 0.466 e. The molecule has 1 fully saturated rings. The zero-order chi connectivity index (χ0) is 17.4. The SMILES string of the molecule is CCOC(=O)CCN1CCC(C(=O)OCC)(c2ccccc2)CC1.Cl. The first-order chi connectivity index (χ1) is 11.6. The molecule has 5 nitrogen and oxygen atoms in total. The molecule has 1 aliphatic heterocycles. The number of esters is 2. The molecular formula is C19H28ClNO4. The monoisotopic (exact) mass is 369 g/mol. The van der Waals surface area contributed by atoms with Gasteiger partial charge in [0.2, 0.25) is 0 Å². The Kier molecular flexibility index (Phi) is 8.93. The summed E-state index contributed by atoms with van der Waals surface area (Å²) in [6.45, 7) is 6.67. The van der Waals surface area contributed by atoms with E-state index in [0.717, 1.165) is 18.7 Å². The molecule has 0 atom stereocenters. The molecule has 1 saturated heterocycles. The maximum absolute atomic E-state index is 12.7. The van der Waals surface area contributed by atoms with E-state index in [-0.39, 0.29) is 24.3 Å². The summed E-state index contributed by atoms with van der Waals surface area (Å²) in [6.07, 6.45) is 1.81. The number of carbonyl (C=O) groups excluding carboxylic acids is 2. The first-order valence-corrected chi connectivity index (χ1v) is 8.73. The van der Waals surface area contributed by atoms with E-state index in [9.17, 15) is 9.59 Å². The van der Waals surface area contributed by atoms with Gasteiger partial charge in [0.25, 0.3) is 0 Å². The van der Waals surface area contributed by atoms with Crippen LogP contribution in [0.15, 0.2) is 30.3 Å². The van der Waals surface area contributed by atoms with Gasteiger partial charge in [0, 0.05) is 6.54 Å². The van der Waals surface area contributed by atoms with E-state index in [4.69, 9.17) is 9.47 Å². The number of likely N-dealkylation sites (tertiary alicyclic amines) is 1. The molecular weight excluding hydrogens is 342 g/mol. The van der Waals surface area contributed by atoms with Crippen LogP contribution in [0, 0.1) is 0 Å². The molecule has 1 heterocycles. The van der Waals surface area contributed by atoms with Crippen LogP contribution < -0.4 is 0 Å². The summed E-state index contributed by atoms with van der Waals surface area (Å²) in [4.78, 5) is 26.4. The second kappa shape index (κ2) is 10.4. The third-order valence-electron chi connectivity index (χ3n) is 4.64. The van der Waals surface area contributed by atoms with Crippen LogP contribution in [0.25, 0.3) is 0 Å². The van der Waals surface area contributed by atoms with Gasteiger partial charge in [0.15, 0.2) is 0 Å². The van der Waals surface area contributed by atoms with Gasteiger partial charge >= 0.3 is 11.9 Å². The molecule has 140 valence electrons. The molecule has 1 aliphatic rings. The minimum Gasteiger partial charge on any atom is -0.466 e. The number of ether oxygens (including phenoxy) is 2. The number of halogens is 1. The van der Waals surface area contributed by atoms with Gasteiger partial charge in [-0.2, -0.15) is 0 Å². The molecule has 1 aromatic carbocycles. The summed E-state index contributed by atoms with van der Waals surface area (Å²) in [5.41, 5.74) is 0.450. The summed E-state index contributed by atoms with van der Waals surface area (Å²) in [5.74, 6) is -0.302. The van der Waals surface area contributed by atoms with Gasteiger partial charge in [-0.3, -0.25) is 9.59 Å². The predicted octanol–water partition coefficient (Wildman–Crippen LogP) is 2.96. The minimum absolute atomic E-state index is 0. The van der Waals surface area contributed by atoms with Crippen molar-refractivity contribution in [3.05, 3.63) is 35.9 Å². The second-order valence-corrected chi connectivity index (χ2v) is 6.07. The maximum atomic E-state index is 12.7. The number of nitrogens with zero attached hydrogens (tertiary/aromatic N) is 1.